The van der Waals surface area contributed by atoms with Crippen LogP contribution in [0.3, 0.4) is 0 Å². The third-order valence-corrected chi connectivity index (χ3v) is 6.14. The van der Waals surface area contributed by atoms with Gasteiger partial charge in [0.15, 0.2) is 9.84 Å². The Balaban J connectivity index is 1.78. The van der Waals surface area contributed by atoms with Gasteiger partial charge in [0.1, 0.15) is 5.25 Å². The first kappa shape index (κ1) is 13.1. The fraction of sp³-hybridized carbons (Fsp3) is 0.571. The summed E-state index contributed by atoms with van der Waals surface area (Å²) in [6.45, 7) is 2.75. The molecule has 4 nitrogen and oxygen atoms in total. The summed E-state index contributed by atoms with van der Waals surface area (Å²) in [4.78, 5) is 0.429. The second kappa shape index (κ2) is 5.23. The number of piperidine rings is 1. The summed E-state index contributed by atoms with van der Waals surface area (Å²) in [5.41, 5.74) is 1.25. The first-order valence-electron chi connectivity index (χ1n) is 6.80. The lowest BCUT2D eigenvalue weighted by Crippen LogP contribution is -2.40. The van der Waals surface area contributed by atoms with Crippen LogP contribution >= 0.6 is 0 Å². The van der Waals surface area contributed by atoms with Gasteiger partial charge in [-0.15, -0.1) is 0 Å². The van der Waals surface area contributed by atoms with E-state index >= 15 is 0 Å². The molecule has 2 saturated heterocycles. The number of ether oxygens (including phenoxy) is 1. The van der Waals surface area contributed by atoms with Crippen molar-refractivity contribution < 1.29 is 13.2 Å². The molecule has 0 spiro atoms. The van der Waals surface area contributed by atoms with E-state index in [1.807, 2.05) is 12.1 Å². The maximum absolute atomic E-state index is 12.2. The zero-order valence-electron chi connectivity index (χ0n) is 10.8. The smallest absolute Gasteiger partial charge is 0.185 e. The quantitative estimate of drug-likeness (QED) is 0.908. The average molecular weight is 281 g/mol. The lowest BCUT2D eigenvalue weighted by Gasteiger charge is -2.26. The minimum Gasteiger partial charge on any atom is -0.379 e. The van der Waals surface area contributed by atoms with Crippen molar-refractivity contribution >= 4 is 9.84 Å². The van der Waals surface area contributed by atoms with Crippen molar-refractivity contribution in [3.05, 3.63) is 29.8 Å². The lowest BCUT2D eigenvalue weighted by molar-refractivity contribution is 0.0416. The summed E-state index contributed by atoms with van der Waals surface area (Å²) in [5.74, 6) is 0.560. The molecule has 0 radical (unpaired) electrons. The third kappa shape index (κ3) is 2.55. The van der Waals surface area contributed by atoms with E-state index in [9.17, 15) is 8.42 Å². The van der Waals surface area contributed by atoms with Crippen molar-refractivity contribution in [3.8, 4) is 0 Å². The standard InChI is InChI=1S/C14H19NO3S/c16-19(17,14-9-18-10-14)13-3-1-11(2-4-13)12-5-7-15-8-6-12/h1-4,12,14-15H,5-10H2. The Morgan fingerprint density at radius 2 is 1.68 bits per heavy atom. The van der Waals surface area contributed by atoms with Gasteiger partial charge in [-0.25, -0.2) is 8.42 Å². The minimum absolute atomic E-state index is 0.332. The second-order valence-electron chi connectivity index (χ2n) is 5.30. The number of nitrogens with one attached hydrogen (secondary N) is 1. The van der Waals surface area contributed by atoms with Gasteiger partial charge in [0.05, 0.1) is 18.1 Å². The van der Waals surface area contributed by atoms with E-state index in [0.29, 0.717) is 24.0 Å². The zero-order chi connectivity index (χ0) is 13.3. The monoisotopic (exact) mass is 281 g/mol. The average Bonchev–Trinajstić information content (AvgIpc) is 2.37. The fourth-order valence-corrected chi connectivity index (χ4v) is 4.12. The van der Waals surface area contributed by atoms with Gasteiger partial charge in [-0.3, -0.25) is 0 Å². The summed E-state index contributed by atoms with van der Waals surface area (Å²) in [6, 6.07) is 7.46. The Labute approximate surface area is 114 Å². The first-order valence-corrected chi connectivity index (χ1v) is 8.35. The Morgan fingerprint density at radius 1 is 1.05 bits per heavy atom. The Morgan fingerprint density at radius 3 is 2.21 bits per heavy atom. The highest BCUT2D eigenvalue weighted by molar-refractivity contribution is 7.92. The molecule has 2 heterocycles. The van der Waals surface area contributed by atoms with Gasteiger partial charge in [-0.2, -0.15) is 0 Å². The van der Waals surface area contributed by atoms with Crippen LogP contribution in [0.4, 0.5) is 0 Å². The normalized spacial score (nSPS) is 22.1. The van der Waals surface area contributed by atoms with Gasteiger partial charge in [0.2, 0.25) is 0 Å². The van der Waals surface area contributed by atoms with Crippen LogP contribution in [-0.4, -0.2) is 40.0 Å². The van der Waals surface area contributed by atoms with E-state index in [1.54, 1.807) is 12.1 Å². The molecule has 0 aliphatic carbocycles. The van der Waals surface area contributed by atoms with E-state index < -0.39 is 9.84 Å². The van der Waals surface area contributed by atoms with Crippen molar-refractivity contribution in [2.75, 3.05) is 26.3 Å². The highest BCUT2D eigenvalue weighted by Crippen LogP contribution is 2.27. The van der Waals surface area contributed by atoms with Crippen molar-refractivity contribution in [1.29, 1.82) is 0 Å². The van der Waals surface area contributed by atoms with Crippen LogP contribution in [0.1, 0.15) is 24.3 Å². The molecule has 2 fully saturated rings. The fourth-order valence-electron chi connectivity index (χ4n) is 2.67. The molecule has 2 aliphatic rings. The molecule has 0 aromatic heterocycles. The molecule has 1 aromatic carbocycles. The van der Waals surface area contributed by atoms with Crippen molar-refractivity contribution in [2.45, 2.75) is 28.9 Å². The van der Waals surface area contributed by atoms with Crippen LogP contribution in [0.15, 0.2) is 29.2 Å². The molecular formula is C14H19NO3S. The summed E-state index contributed by atoms with van der Waals surface area (Å²) in [6.07, 6.45) is 2.26. The lowest BCUT2D eigenvalue weighted by atomic mass is 9.90. The van der Waals surface area contributed by atoms with E-state index in [-0.39, 0.29) is 5.25 Å². The van der Waals surface area contributed by atoms with E-state index in [2.05, 4.69) is 5.32 Å². The van der Waals surface area contributed by atoms with Gasteiger partial charge in [-0.05, 0) is 49.5 Å². The SMILES string of the molecule is O=S(=O)(c1ccc(C2CCNCC2)cc1)C1COC1. The molecule has 1 N–H and O–H groups in total. The molecule has 104 valence electrons. The molecule has 2 aliphatic heterocycles. The van der Waals surface area contributed by atoms with Crippen molar-refractivity contribution in [2.24, 2.45) is 0 Å². The maximum Gasteiger partial charge on any atom is 0.185 e. The molecule has 0 bridgehead atoms. The number of hydrogen-bond donors (Lipinski definition) is 1. The van der Waals surface area contributed by atoms with E-state index in [1.165, 1.54) is 5.56 Å². The number of hydrogen-bond acceptors (Lipinski definition) is 4. The second-order valence-corrected chi connectivity index (χ2v) is 7.53. The van der Waals surface area contributed by atoms with Crippen LogP contribution in [0.2, 0.25) is 0 Å². The molecule has 19 heavy (non-hydrogen) atoms. The largest absolute Gasteiger partial charge is 0.379 e. The molecule has 0 saturated carbocycles. The molecule has 1 aromatic rings. The van der Waals surface area contributed by atoms with Gasteiger partial charge in [0.25, 0.3) is 0 Å². The number of benzene rings is 1. The molecule has 5 heteroatoms. The van der Waals surface area contributed by atoms with Gasteiger partial charge < -0.3 is 10.1 Å². The predicted octanol–water partition coefficient (Wildman–Crippen LogP) is 1.33. The summed E-state index contributed by atoms with van der Waals surface area (Å²) in [5, 5.41) is 2.99. The molecular weight excluding hydrogens is 262 g/mol. The van der Waals surface area contributed by atoms with Crippen molar-refractivity contribution in [3.63, 3.8) is 0 Å². The number of rotatable bonds is 3. The van der Waals surface area contributed by atoms with Crippen LogP contribution in [0.5, 0.6) is 0 Å². The Hall–Kier alpha value is -0.910. The first-order chi connectivity index (χ1) is 9.18. The summed E-state index contributed by atoms with van der Waals surface area (Å²) in [7, 11) is -3.19. The Kier molecular flexibility index (Phi) is 3.60. The van der Waals surface area contributed by atoms with Gasteiger partial charge >= 0.3 is 0 Å². The van der Waals surface area contributed by atoms with Crippen LogP contribution in [0, 0.1) is 0 Å². The van der Waals surface area contributed by atoms with E-state index in [0.717, 1.165) is 25.9 Å². The van der Waals surface area contributed by atoms with Crippen molar-refractivity contribution in [1.82, 2.24) is 5.32 Å². The summed E-state index contributed by atoms with van der Waals surface area (Å²) >= 11 is 0. The highest BCUT2D eigenvalue weighted by Gasteiger charge is 2.33. The number of sulfone groups is 1. The Bertz CT molecular complexity index is 528. The van der Waals surface area contributed by atoms with Crippen LogP contribution < -0.4 is 5.32 Å². The van der Waals surface area contributed by atoms with Gasteiger partial charge in [0, 0.05) is 0 Å². The van der Waals surface area contributed by atoms with Crippen LogP contribution in [-0.2, 0) is 14.6 Å². The van der Waals surface area contributed by atoms with E-state index in [4.69, 9.17) is 4.74 Å². The third-order valence-electron chi connectivity index (χ3n) is 4.07. The summed E-state index contributed by atoms with van der Waals surface area (Å²) < 4.78 is 29.4. The minimum atomic E-state index is -3.19. The molecule has 3 rings (SSSR count). The van der Waals surface area contributed by atoms with Crippen LogP contribution in [0.25, 0.3) is 0 Å². The molecule has 0 amide bonds. The molecule has 0 unspecified atom stereocenters. The topological polar surface area (TPSA) is 55.4 Å². The maximum atomic E-state index is 12.2. The highest BCUT2D eigenvalue weighted by atomic mass is 32.2. The van der Waals surface area contributed by atoms with Gasteiger partial charge in [-0.1, -0.05) is 12.1 Å². The predicted molar refractivity (Wildman–Crippen MR) is 73.1 cm³/mol. The molecule has 0 atom stereocenters. The zero-order valence-corrected chi connectivity index (χ0v) is 11.7.